The summed E-state index contributed by atoms with van der Waals surface area (Å²) >= 11 is 0. The van der Waals surface area contributed by atoms with E-state index >= 15 is 0 Å². The highest BCUT2D eigenvalue weighted by Gasteiger charge is 2.35. The van der Waals surface area contributed by atoms with Gasteiger partial charge in [-0.2, -0.15) is 26.3 Å². The van der Waals surface area contributed by atoms with Crippen molar-refractivity contribution in [3.8, 4) is 22.6 Å². The number of aromatic hydroxyl groups is 2. The van der Waals surface area contributed by atoms with Gasteiger partial charge in [0.15, 0.2) is 0 Å². The van der Waals surface area contributed by atoms with Crippen molar-refractivity contribution in [3.05, 3.63) is 35.4 Å². The molecule has 130 valence electrons. The average molecular weight is 352 g/mol. The number of benzene rings is 2. The van der Waals surface area contributed by atoms with Crippen molar-refractivity contribution >= 4 is 11.4 Å². The Kier molecular flexibility index (Phi) is 3.95. The molecule has 0 saturated carbocycles. The van der Waals surface area contributed by atoms with Crippen LogP contribution in [0.5, 0.6) is 11.5 Å². The molecule has 0 spiro atoms. The number of hydrogen-bond donors (Lipinski definition) is 4. The van der Waals surface area contributed by atoms with Gasteiger partial charge in [0.05, 0.1) is 22.5 Å². The molecule has 0 heterocycles. The first kappa shape index (κ1) is 17.6. The van der Waals surface area contributed by atoms with Crippen molar-refractivity contribution in [2.24, 2.45) is 0 Å². The molecule has 0 fully saturated rings. The van der Waals surface area contributed by atoms with Crippen molar-refractivity contribution in [2.45, 2.75) is 12.4 Å². The molecule has 0 radical (unpaired) electrons. The van der Waals surface area contributed by atoms with Gasteiger partial charge in [-0.3, -0.25) is 0 Å². The van der Waals surface area contributed by atoms with Crippen LogP contribution in [0.3, 0.4) is 0 Å². The summed E-state index contributed by atoms with van der Waals surface area (Å²) in [4.78, 5) is 0. The van der Waals surface area contributed by atoms with Crippen LogP contribution in [0.25, 0.3) is 11.1 Å². The number of anilines is 2. The van der Waals surface area contributed by atoms with E-state index in [0.29, 0.717) is 24.3 Å². The largest absolute Gasteiger partial charge is 0.506 e. The molecule has 2 aromatic carbocycles. The zero-order valence-corrected chi connectivity index (χ0v) is 11.6. The third kappa shape index (κ3) is 3.12. The standard InChI is InChI=1S/C14H10F6N2O2/c15-13(16,17)5-2-8(12(24)9(21)3-5)7-1-6(14(18,19)20)4-10(23)11(7)22/h1-4,23-24H,21-22H2. The van der Waals surface area contributed by atoms with E-state index in [9.17, 15) is 36.6 Å². The summed E-state index contributed by atoms with van der Waals surface area (Å²) in [5.41, 5.74) is 5.48. The molecule has 6 N–H and O–H groups in total. The summed E-state index contributed by atoms with van der Waals surface area (Å²) in [6.45, 7) is 0. The number of hydrogen-bond acceptors (Lipinski definition) is 4. The van der Waals surface area contributed by atoms with Gasteiger partial charge in [-0.15, -0.1) is 0 Å². The lowest BCUT2D eigenvalue weighted by Crippen LogP contribution is -2.08. The van der Waals surface area contributed by atoms with E-state index in [1.165, 1.54) is 0 Å². The molecule has 0 atom stereocenters. The molecule has 0 unspecified atom stereocenters. The third-order valence-corrected chi connectivity index (χ3v) is 3.24. The van der Waals surface area contributed by atoms with E-state index < -0.39 is 57.5 Å². The van der Waals surface area contributed by atoms with Gasteiger partial charge in [0.25, 0.3) is 0 Å². The van der Waals surface area contributed by atoms with Crippen LogP contribution in [-0.2, 0) is 12.4 Å². The molecular formula is C14H10F6N2O2. The smallest absolute Gasteiger partial charge is 0.416 e. The SMILES string of the molecule is Nc1cc(C(F)(F)F)cc(-c2cc(C(F)(F)F)cc(O)c2N)c1O. The molecular weight excluding hydrogens is 342 g/mol. The Hall–Kier alpha value is -2.78. The van der Waals surface area contributed by atoms with E-state index in [1.807, 2.05) is 0 Å². The molecule has 0 aliphatic rings. The Labute approximate surface area is 130 Å². The summed E-state index contributed by atoms with van der Waals surface area (Å²) in [7, 11) is 0. The quantitative estimate of drug-likeness (QED) is 0.355. The Morgan fingerprint density at radius 2 is 1.17 bits per heavy atom. The van der Waals surface area contributed by atoms with Gasteiger partial charge in [-0.1, -0.05) is 0 Å². The Morgan fingerprint density at radius 1 is 0.708 bits per heavy atom. The number of nitrogens with two attached hydrogens (primary N) is 2. The van der Waals surface area contributed by atoms with E-state index in [2.05, 4.69) is 0 Å². The minimum Gasteiger partial charge on any atom is -0.506 e. The van der Waals surface area contributed by atoms with Crippen LogP contribution in [0.1, 0.15) is 11.1 Å². The fourth-order valence-corrected chi connectivity index (χ4v) is 2.05. The lowest BCUT2D eigenvalue weighted by Gasteiger charge is -2.17. The summed E-state index contributed by atoms with van der Waals surface area (Å²) in [6, 6.07) is 1.58. The zero-order valence-electron chi connectivity index (χ0n) is 11.6. The summed E-state index contributed by atoms with van der Waals surface area (Å²) in [5, 5.41) is 19.4. The van der Waals surface area contributed by atoms with Gasteiger partial charge in [-0.05, 0) is 24.3 Å². The fraction of sp³-hybridized carbons (Fsp3) is 0.143. The monoisotopic (exact) mass is 352 g/mol. The van der Waals surface area contributed by atoms with Crippen LogP contribution in [-0.4, -0.2) is 10.2 Å². The molecule has 0 aliphatic heterocycles. The number of alkyl halides is 6. The highest BCUT2D eigenvalue weighted by Crippen LogP contribution is 2.46. The van der Waals surface area contributed by atoms with E-state index in [1.54, 1.807) is 0 Å². The Bertz CT molecular complexity index is 732. The average Bonchev–Trinajstić information content (AvgIpc) is 2.42. The predicted octanol–water partition coefficient (Wildman–Crippen LogP) is 3.97. The second-order valence-electron chi connectivity index (χ2n) is 4.91. The maximum Gasteiger partial charge on any atom is 0.416 e. The van der Waals surface area contributed by atoms with Crippen LogP contribution in [0.15, 0.2) is 24.3 Å². The number of phenolic OH excluding ortho intramolecular Hbond substituents is 2. The molecule has 0 aromatic heterocycles. The zero-order chi connectivity index (χ0) is 18.4. The number of halogens is 6. The van der Waals surface area contributed by atoms with Crippen molar-refractivity contribution in [2.75, 3.05) is 11.5 Å². The normalized spacial score (nSPS) is 12.4. The van der Waals surface area contributed by atoms with Crippen LogP contribution >= 0.6 is 0 Å². The Balaban J connectivity index is 2.81. The second-order valence-corrected chi connectivity index (χ2v) is 4.91. The maximum absolute atomic E-state index is 12.8. The van der Waals surface area contributed by atoms with Crippen LogP contribution in [0.4, 0.5) is 37.7 Å². The number of phenols is 2. The van der Waals surface area contributed by atoms with Gasteiger partial charge in [0.2, 0.25) is 0 Å². The van der Waals surface area contributed by atoms with Crippen LogP contribution in [0.2, 0.25) is 0 Å². The first-order valence-electron chi connectivity index (χ1n) is 6.22. The third-order valence-electron chi connectivity index (χ3n) is 3.24. The number of nitrogen functional groups attached to an aromatic ring is 2. The lowest BCUT2D eigenvalue weighted by molar-refractivity contribution is -0.138. The fourth-order valence-electron chi connectivity index (χ4n) is 2.05. The van der Waals surface area contributed by atoms with Crippen molar-refractivity contribution < 1.29 is 36.6 Å². The summed E-state index contributed by atoms with van der Waals surface area (Å²) < 4.78 is 77.0. The minimum atomic E-state index is -4.89. The predicted molar refractivity (Wildman–Crippen MR) is 74.0 cm³/mol. The van der Waals surface area contributed by atoms with Gasteiger partial charge >= 0.3 is 12.4 Å². The molecule has 0 bridgehead atoms. The van der Waals surface area contributed by atoms with Gasteiger partial charge in [-0.25, -0.2) is 0 Å². The summed E-state index contributed by atoms with van der Waals surface area (Å²) in [6.07, 6.45) is -9.74. The van der Waals surface area contributed by atoms with Gasteiger partial charge in [0, 0.05) is 11.1 Å². The Morgan fingerprint density at radius 3 is 1.67 bits per heavy atom. The molecule has 2 rings (SSSR count). The summed E-state index contributed by atoms with van der Waals surface area (Å²) in [5.74, 6) is -1.87. The van der Waals surface area contributed by atoms with Gasteiger partial charge < -0.3 is 21.7 Å². The molecule has 2 aromatic rings. The molecule has 0 saturated heterocycles. The molecule has 24 heavy (non-hydrogen) atoms. The minimum absolute atomic E-state index is 0.326. The number of rotatable bonds is 1. The molecule has 0 aliphatic carbocycles. The first-order valence-corrected chi connectivity index (χ1v) is 6.22. The topological polar surface area (TPSA) is 92.5 Å². The van der Waals surface area contributed by atoms with Gasteiger partial charge in [0.1, 0.15) is 11.5 Å². The highest BCUT2D eigenvalue weighted by molar-refractivity contribution is 5.87. The highest BCUT2D eigenvalue weighted by atomic mass is 19.4. The molecule has 4 nitrogen and oxygen atoms in total. The van der Waals surface area contributed by atoms with E-state index in [4.69, 9.17) is 11.5 Å². The van der Waals surface area contributed by atoms with E-state index in [-0.39, 0.29) is 0 Å². The molecule has 0 amide bonds. The van der Waals surface area contributed by atoms with Crippen molar-refractivity contribution in [1.82, 2.24) is 0 Å². The van der Waals surface area contributed by atoms with Crippen LogP contribution < -0.4 is 11.5 Å². The first-order chi connectivity index (χ1) is 10.8. The van der Waals surface area contributed by atoms with Crippen molar-refractivity contribution in [3.63, 3.8) is 0 Å². The second kappa shape index (κ2) is 5.39. The molecule has 10 heteroatoms. The maximum atomic E-state index is 12.8. The van der Waals surface area contributed by atoms with Crippen LogP contribution in [0, 0.1) is 0 Å². The van der Waals surface area contributed by atoms with E-state index in [0.717, 1.165) is 0 Å². The lowest BCUT2D eigenvalue weighted by atomic mass is 9.96. The van der Waals surface area contributed by atoms with Crippen molar-refractivity contribution in [1.29, 1.82) is 0 Å².